The average Bonchev–Trinajstić information content (AvgIpc) is 2.42. The van der Waals surface area contributed by atoms with E-state index in [2.05, 4.69) is 21.2 Å². The lowest BCUT2D eigenvalue weighted by Crippen LogP contribution is -2.01. The number of hydrogen-bond donors (Lipinski definition) is 1. The molecule has 2 aromatic carbocycles. The van der Waals surface area contributed by atoms with E-state index in [-0.39, 0.29) is 5.82 Å². The van der Waals surface area contributed by atoms with Gasteiger partial charge in [-0.25, -0.2) is 4.39 Å². The molecule has 0 aliphatic heterocycles. The summed E-state index contributed by atoms with van der Waals surface area (Å²) in [5.41, 5.74) is 1.86. The molecule has 0 atom stereocenters. The topological polar surface area (TPSA) is 21.3 Å². The van der Waals surface area contributed by atoms with Gasteiger partial charge in [-0.15, -0.1) is 0 Å². The Bertz CT molecular complexity index is 542. The van der Waals surface area contributed by atoms with Gasteiger partial charge in [0.05, 0.1) is 11.1 Å². The fraction of sp³-hybridized carbons (Fsp3) is 0.200. The zero-order chi connectivity index (χ0) is 13.7. The summed E-state index contributed by atoms with van der Waals surface area (Å²) in [5.74, 6) is 0.603. The highest BCUT2D eigenvalue weighted by molar-refractivity contribution is 9.10. The van der Waals surface area contributed by atoms with Crippen LogP contribution in [0, 0.1) is 5.82 Å². The van der Waals surface area contributed by atoms with Crippen LogP contribution < -0.4 is 10.1 Å². The number of anilines is 1. The number of nitrogens with one attached hydrogen (secondary N) is 1. The Balaban J connectivity index is 2.00. The van der Waals surface area contributed by atoms with Gasteiger partial charge in [-0.1, -0.05) is 12.1 Å². The predicted molar refractivity (Wildman–Crippen MR) is 79.0 cm³/mol. The molecule has 0 heterocycles. The van der Waals surface area contributed by atoms with Crippen LogP contribution in [-0.2, 0) is 6.54 Å². The molecule has 0 radical (unpaired) electrons. The van der Waals surface area contributed by atoms with Crippen molar-refractivity contribution in [1.82, 2.24) is 0 Å². The first-order valence-corrected chi connectivity index (χ1v) is 6.89. The molecule has 0 saturated heterocycles. The van der Waals surface area contributed by atoms with Crippen molar-refractivity contribution in [1.29, 1.82) is 0 Å². The van der Waals surface area contributed by atoms with Gasteiger partial charge in [0.25, 0.3) is 0 Å². The van der Waals surface area contributed by atoms with Crippen LogP contribution in [0.25, 0.3) is 0 Å². The summed E-state index contributed by atoms with van der Waals surface area (Å²) >= 11 is 3.25. The van der Waals surface area contributed by atoms with E-state index in [1.54, 1.807) is 6.07 Å². The van der Waals surface area contributed by atoms with Crippen LogP contribution >= 0.6 is 15.9 Å². The Morgan fingerprint density at radius 1 is 1.16 bits per heavy atom. The molecule has 19 heavy (non-hydrogen) atoms. The first kappa shape index (κ1) is 13.9. The molecule has 0 aliphatic carbocycles. The average molecular weight is 324 g/mol. The molecule has 0 unspecified atom stereocenters. The second-order valence-electron chi connectivity index (χ2n) is 4.02. The van der Waals surface area contributed by atoms with E-state index in [0.29, 0.717) is 17.6 Å². The summed E-state index contributed by atoms with van der Waals surface area (Å²) in [6.45, 7) is 3.17. The van der Waals surface area contributed by atoms with Crippen molar-refractivity contribution in [2.45, 2.75) is 13.5 Å². The molecule has 0 aliphatic rings. The molecule has 100 valence electrons. The molecule has 1 N–H and O–H groups in total. The first-order chi connectivity index (χ1) is 9.20. The second kappa shape index (κ2) is 6.57. The SMILES string of the molecule is CCOc1ccc(NCc2cccc(F)c2Br)cc1. The maximum absolute atomic E-state index is 13.4. The van der Waals surface area contributed by atoms with Gasteiger partial charge in [-0.2, -0.15) is 0 Å². The number of benzene rings is 2. The van der Waals surface area contributed by atoms with E-state index >= 15 is 0 Å². The van der Waals surface area contributed by atoms with Crippen molar-refractivity contribution in [2.24, 2.45) is 0 Å². The van der Waals surface area contributed by atoms with Crippen LogP contribution in [0.4, 0.5) is 10.1 Å². The maximum atomic E-state index is 13.4. The van der Waals surface area contributed by atoms with Crippen molar-refractivity contribution in [3.63, 3.8) is 0 Å². The summed E-state index contributed by atoms with van der Waals surface area (Å²) in [7, 11) is 0. The highest BCUT2D eigenvalue weighted by Crippen LogP contribution is 2.22. The summed E-state index contributed by atoms with van der Waals surface area (Å²) in [6.07, 6.45) is 0. The van der Waals surface area contributed by atoms with Gasteiger partial charge in [-0.3, -0.25) is 0 Å². The minimum Gasteiger partial charge on any atom is -0.494 e. The van der Waals surface area contributed by atoms with Crippen LogP contribution in [0.2, 0.25) is 0 Å². The molecule has 2 rings (SSSR count). The van der Waals surface area contributed by atoms with Gasteiger partial charge in [0.1, 0.15) is 11.6 Å². The molecular formula is C15H15BrFNO. The highest BCUT2D eigenvalue weighted by Gasteiger charge is 2.04. The molecule has 2 nitrogen and oxygen atoms in total. The Morgan fingerprint density at radius 2 is 1.89 bits per heavy atom. The van der Waals surface area contributed by atoms with E-state index in [0.717, 1.165) is 17.0 Å². The molecule has 0 fully saturated rings. The third kappa shape index (κ3) is 3.70. The zero-order valence-electron chi connectivity index (χ0n) is 10.6. The Kier molecular flexibility index (Phi) is 4.80. The van der Waals surface area contributed by atoms with Crippen molar-refractivity contribution in [2.75, 3.05) is 11.9 Å². The highest BCUT2D eigenvalue weighted by atomic mass is 79.9. The van der Waals surface area contributed by atoms with Crippen LogP contribution in [0.3, 0.4) is 0 Å². The smallest absolute Gasteiger partial charge is 0.137 e. The fourth-order valence-corrected chi connectivity index (χ4v) is 2.12. The number of rotatable bonds is 5. The first-order valence-electron chi connectivity index (χ1n) is 6.10. The summed E-state index contributed by atoms with van der Waals surface area (Å²) in [4.78, 5) is 0. The van der Waals surface area contributed by atoms with E-state index in [9.17, 15) is 4.39 Å². The molecule has 0 saturated carbocycles. The van der Waals surface area contributed by atoms with Crippen molar-refractivity contribution in [3.05, 3.63) is 58.3 Å². The van der Waals surface area contributed by atoms with E-state index < -0.39 is 0 Å². The van der Waals surface area contributed by atoms with Gasteiger partial charge in [-0.05, 0) is 58.7 Å². The lowest BCUT2D eigenvalue weighted by molar-refractivity contribution is 0.340. The van der Waals surface area contributed by atoms with Gasteiger partial charge >= 0.3 is 0 Å². The molecule has 0 aromatic heterocycles. The number of halogens is 2. The van der Waals surface area contributed by atoms with Crippen LogP contribution in [0.15, 0.2) is 46.9 Å². The minimum atomic E-state index is -0.244. The summed E-state index contributed by atoms with van der Waals surface area (Å²) < 4.78 is 19.2. The molecular weight excluding hydrogens is 309 g/mol. The fourth-order valence-electron chi connectivity index (χ4n) is 1.72. The second-order valence-corrected chi connectivity index (χ2v) is 4.82. The summed E-state index contributed by atoms with van der Waals surface area (Å²) in [5, 5.41) is 3.25. The van der Waals surface area contributed by atoms with Crippen molar-refractivity contribution < 1.29 is 9.13 Å². The molecule has 4 heteroatoms. The van der Waals surface area contributed by atoms with Gasteiger partial charge in [0, 0.05) is 12.2 Å². The molecule has 2 aromatic rings. The third-order valence-corrected chi connectivity index (χ3v) is 3.57. The number of ether oxygens (including phenoxy) is 1. The van der Waals surface area contributed by atoms with E-state index in [1.807, 2.05) is 37.3 Å². The quantitative estimate of drug-likeness (QED) is 0.868. The molecule has 0 bridgehead atoms. The summed E-state index contributed by atoms with van der Waals surface area (Å²) in [6, 6.07) is 12.7. The standard InChI is InChI=1S/C15H15BrFNO/c1-2-19-13-8-6-12(7-9-13)18-10-11-4-3-5-14(17)15(11)16/h3-9,18H,2,10H2,1H3. The molecule has 0 amide bonds. The molecule has 0 spiro atoms. The predicted octanol–water partition coefficient (Wildman–Crippen LogP) is 4.60. The van der Waals surface area contributed by atoms with Gasteiger partial charge in [0.2, 0.25) is 0 Å². The zero-order valence-corrected chi connectivity index (χ0v) is 12.2. The van der Waals surface area contributed by atoms with E-state index in [4.69, 9.17) is 4.74 Å². The lowest BCUT2D eigenvalue weighted by atomic mass is 10.2. The van der Waals surface area contributed by atoms with Gasteiger partial charge < -0.3 is 10.1 Å². The Morgan fingerprint density at radius 3 is 2.58 bits per heavy atom. The van der Waals surface area contributed by atoms with E-state index in [1.165, 1.54) is 6.07 Å². The van der Waals surface area contributed by atoms with Crippen molar-refractivity contribution >= 4 is 21.6 Å². The Labute approximate surface area is 120 Å². The van der Waals surface area contributed by atoms with Crippen LogP contribution in [0.1, 0.15) is 12.5 Å². The van der Waals surface area contributed by atoms with Crippen molar-refractivity contribution in [3.8, 4) is 5.75 Å². The van der Waals surface area contributed by atoms with Crippen LogP contribution in [-0.4, -0.2) is 6.61 Å². The Hall–Kier alpha value is -1.55. The monoisotopic (exact) mass is 323 g/mol. The minimum absolute atomic E-state index is 0.244. The normalized spacial score (nSPS) is 10.3. The maximum Gasteiger partial charge on any atom is 0.137 e. The van der Waals surface area contributed by atoms with Crippen LogP contribution in [0.5, 0.6) is 5.75 Å². The third-order valence-electron chi connectivity index (χ3n) is 2.68. The van der Waals surface area contributed by atoms with Gasteiger partial charge in [0.15, 0.2) is 0 Å². The lowest BCUT2D eigenvalue weighted by Gasteiger charge is -2.09. The number of hydrogen-bond acceptors (Lipinski definition) is 2. The largest absolute Gasteiger partial charge is 0.494 e.